The molecule has 48 valence electrons. The van der Waals surface area contributed by atoms with Crippen LogP contribution in [0.5, 0.6) is 0 Å². The number of nitrogens with zero attached hydrogens (tertiary/aromatic N) is 2. The molecule has 0 aromatic carbocycles. The van der Waals surface area contributed by atoms with Crippen LogP contribution >= 0.6 is 22.6 Å². The number of halogens is 1. The summed E-state index contributed by atoms with van der Waals surface area (Å²) in [6.45, 7) is 1.94. The van der Waals surface area contributed by atoms with E-state index in [9.17, 15) is 0 Å². The van der Waals surface area contributed by atoms with Crippen molar-refractivity contribution in [2.75, 3.05) is 0 Å². The van der Waals surface area contributed by atoms with Crippen LogP contribution in [0.15, 0.2) is 6.20 Å². The zero-order valence-electron chi connectivity index (χ0n) is 4.15. The summed E-state index contributed by atoms with van der Waals surface area (Å²) in [6, 6.07) is 0. The molecule has 8 heavy (non-hydrogen) atoms. The molecule has 0 aliphatic heterocycles. The Hall–Kier alpha value is 0.680. The number of rotatable bonds is 0. The van der Waals surface area contributed by atoms with Crippen LogP contribution in [0.4, 0.5) is 0 Å². The maximum Gasteiger partial charge on any atom is 1.00 e. The van der Waals surface area contributed by atoms with E-state index >= 15 is 0 Å². The standard InChI is InChI=1S/C4H4IN2.Ag/c1-3-4(5)2-6-7-3;/h2H,1H3;/q-1;+1. The average Bonchev–Trinajstić information content (AvgIpc) is 1.91. The Labute approximate surface area is 77.1 Å². The first-order valence-corrected chi connectivity index (χ1v) is 2.99. The van der Waals surface area contributed by atoms with Crippen molar-refractivity contribution in [1.82, 2.24) is 10.2 Å². The molecule has 0 spiro atoms. The summed E-state index contributed by atoms with van der Waals surface area (Å²) in [5.41, 5.74) is 1.01. The molecule has 0 aliphatic carbocycles. The second-order valence-electron chi connectivity index (χ2n) is 1.28. The van der Waals surface area contributed by atoms with Crippen LogP contribution in [-0.2, 0) is 22.4 Å². The van der Waals surface area contributed by atoms with Gasteiger partial charge in [-0.3, -0.25) is 0 Å². The predicted molar refractivity (Wildman–Crippen MR) is 35.0 cm³/mol. The van der Waals surface area contributed by atoms with E-state index in [0.29, 0.717) is 0 Å². The first-order valence-electron chi connectivity index (χ1n) is 1.91. The van der Waals surface area contributed by atoms with E-state index in [2.05, 4.69) is 32.8 Å². The first-order chi connectivity index (χ1) is 3.30. The molecule has 1 aromatic rings. The van der Waals surface area contributed by atoms with E-state index in [1.165, 1.54) is 0 Å². The van der Waals surface area contributed by atoms with Crippen molar-refractivity contribution in [3.8, 4) is 0 Å². The summed E-state index contributed by atoms with van der Waals surface area (Å²) in [5, 5.41) is 7.42. The van der Waals surface area contributed by atoms with E-state index in [0.717, 1.165) is 9.26 Å². The fraction of sp³-hybridized carbons (Fsp3) is 0.250. The number of hydrogen-bond donors (Lipinski definition) is 0. The molecule has 0 fully saturated rings. The fourth-order valence-corrected chi connectivity index (χ4v) is 0.540. The van der Waals surface area contributed by atoms with E-state index in [-0.39, 0.29) is 22.4 Å². The van der Waals surface area contributed by atoms with E-state index in [1.807, 2.05) is 6.92 Å². The molecule has 0 bridgehead atoms. The van der Waals surface area contributed by atoms with Gasteiger partial charge in [-0.05, 0) is 22.6 Å². The summed E-state index contributed by atoms with van der Waals surface area (Å²) in [4.78, 5) is 0. The summed E-state index contributed by atoms with van der Waals surface area (Å²) in [7, 11) is 0. The van der Waals surface area contributed by atoms with Crippen molar-refractivity contribution < 1.29 is 22.4 Å². The van der Waals surface area contributed by atoms with Crippen LogP contribution in [0.1, 0.15) is 5.69 Å². The molecule has 0 unspecified atom stereocenters. The molecule has 0 aliphatic rings. The van der Waals surface area contributed by atoms with Gasteiger partial charge in [0.1, 0.15) is 0 Å². The Morgan fingerprint density at radius 1 is 1.75 bits per heavy atom. The molecule has 2 nitrogen and oxygen atoms in total. The summed E-state index contributed by atoms with van der Waals surface area (Å²) in [5.74, 6) is 0. The van der Waals surface area contributed by atoms with Crippen LogP contribution in [0, 0.1) is 10.5 Å². The predicted octanol–water partition coefficient (Wildman–Crippen LogP) is 0.949. The molecular formula is C4H4AgIN2. The number of aromatic nitrogens is 2. The van der Waals surface area contributed by atoms with Crippen molar-refractivity contribution >= 4 is 22.6 Å². The Bertz CT molecular complexity index is 146. The molecule has 4 heteroatoms. The van der Waals surface area contributed by atoms with Gasteiger partial charge in [0.2, 0.25) is 0 Å². The molecule has 1 rings (SSSR count). The zero-order valence-corrected chi connectivity index (χ0v) is 7.79. The van der Waals surface area contributed by atoms with Crippen molar-refractivity contribution in [1.29, 1.82) is 0 Å². The normalized spacial score (nSPS) is 8.25. The topological polar surface area (TPSA) is 27.0 Å². The summed E-state index contributed by atoms with van der Waals surface area (Å²) < 4.78 is 1.14. The summed E-state index contributed by atoms with van der Waals surface area (Å²) >= 11 is 2.19. The van der Waals surface area contributed by atoms with Crippen molar-refractivity contribution in [3.05, 3.63) is 15.5 Å². The second kappa shape index (κ2) is 3.66. The summed E-state index contributed by atoms with van der Waals surface area (Å²) in [6.07, 6.45) is 1.75. The molecule has 1 aromatic heterocycles. The van der Waals surface area contributed by atoms with Crippen LogP contribution in [0.3, 0.4) is 0 Å². The van der Waals surface area contributed by atoms with Crippen LogP contribution in [-0.4, -0.2) is 5.10 Å². The number of aryl methyl sites for hydroxylation is 1. The minimum Gasteiger partial charge on any atom is -0.578 e. The number of hydrogen-bond acceptors (Lipinski definition) is 1. The molecular weight excluding hydrogens is 311 g/mol. The van der Waals surface area contributed by atoms with Gasteiger partial charge in [-0.2, -0.15) is 0 Å². The Kier molecular flexibility index (Phi) is 3.97. The molecule has 0 N–H and O–H groups in total. The fourth-order valence-electron chi connectivity index (χ4n) is 0.307. The Morgan fingerprint density at radius 3 is 2.50 bits per heavy atom. The van der Waals surface area contributed by atoms with Gasteiger partial charge >= 0.3 is 22.4 Å². The van der Waals surface area contributed by atoms with Crippen molar-refractivity contribution in [3.63, 3.8) is 0 Å². The molecule has 0 atom stereocenters. The van der Waals surface area contributed by atoms with E-state index in [4.69, 9.17) is 0 Å². The monoisotopic (exact) mass is 314 g/mol. The van der Waals surface area contributed by atoms with Crippen LogP contribution in [0.25, 0.3) is 0 Å². The third-order valence-corrected chi connectivity index (χ3v) is 1.78. The van der Waals surface area contributed by atoms with Gasteiger partial charge in [0.15, 0.2) is 0 Å². The van der Waals surface area contributed by atoms with Gasteiger partial charge in [-0.1, -0.05) is 6.92 Å². The minimum atomic E-state index is 0. The molecule has 0 amide bonds. The van der Waals surface area contributed by atoms with Crippen LogP contribution < -0.4 is 5.10 Å². The minimum absolute atomic E-state index is 0. The first kappa shape index (κ1) is 8.68. The van der Waals surface area contributed by atoms with Gasteiger partial charge in [-0.15, -0.1) is 5.69 Å². The zero-order chi connectivity index (χ0) is 5.28. The van der Waals surface area contributed by atoms with E-state index in [1.54, 1.807) is 6.20 Å². The molecule has 1 heterocycles. The quantitative estimate of drug-likeness (QED) is 0.526. The van der Waals surface area contributed by atoms with Gasteiger partial charge < -0.3 is 10.2 Å². The third-order valence-electron chi connectivity index (χ3n) is 0.724. The largest absolute Gasteiger partial charge is 1.00 e. The van der Waals surface area contributed by atoms with Crippen molar-refractivity contribution in [2.24, 2.45) is 0 Å². The molecule has 0 saturated heterocycles. The second-order valence-corrected chi connectivity index (χ2v) is 2.44. The van der Waals surface area contributed by atoms with Gasteiger partial charge in [0.05, 0.1) is 0 Å². The smallest absolute Gasteiger partial charge is 0.578 e. The molecule has 0 saturated carbocycles. The van der Waals surface area contributed by atoms with Crippen molar-refractivity contribution in [2.45, 2.75) is 6.92 Å². The average molecular weight is 315 g/mol. The van der Waals surface area contributed by atoms with Gasteiger partial charge in [-0.25, -0.2) is 0 Å². The third kappa shape index (κ3) is 1.89. The van der Waals surface area contributed by atoms with Gasteiger partial charge in [0, 0.05) is 9.77 Å². The SMILES string of the molecule is Cc1[n-]ncc1I.[Ag+]. The van der Waals surface area contributed by atoms with Gasteiger partial charge in [0.25, 0.3) is 0 Å². The molecule has 0 radical (unpaired) electrons. The van der Waals surface area contributed by atoms with E-state index < -0.39 is 0 Å². The Morgan fingerprint density at radius 2 is 2.38 bits per heavy atom. The maximum atomic E-state index is 3.76. The Balaban J connectivity index is 0.000000490. The maximum absolute atomic E-state index is 3.76. The van der Waals surface area contributed by atoms with Crippen LogP contribution in [0.2, 0.25) is 0 Å².